The van der Waals surface area contributed by atoms with Gasteiger partial charge in [0, 0.05) is 18.6 Å². The monoisotopic (exact) mass is 273 g/mol. The number of benzene rings is 1. The summed E-state index contributed by atoms with van der Waals surface area (Å²) < 4.78 is 4.83. The molecule has 2 atom stereocenters. The summed E-state index contributed by atoms with van der Waals surface area (Å²) in [5.41, 5.74) is 8.86. The van der Waals surface area contributed by atoms with E-state index in [9.17, 15) is 0 Å². The van der Waals surface area contributed by atoms with E-state index in [0.29, 0.717) is 23.3 Å². The van der Waals surface area contributed by atoms with Crippen molar-refractivity contribution in [2.75, 3.05) is 24.1 Å². The van der Waals surface area contributed by atoms with Crippen LogP contribution in [-0.2, 0) is 0 Å². The third-order valence-corrected chi connectivity index (χ3v) is 4.64. The molecule has 3 N–H and O–H groups in total. The van der Waals surface area contributed by atoms with E-state index in [1.165, 1.54) is 38.8 Å². The number of anilines is 2. The van der Waals surface area contributed by atoms with Crippen molar-refractivity contribution in [3.8, 4) is 0 Å². The van der Waals surface area contributed by atoms with Gasteiger partial charge < -0.3 is 11.1 Å². The third kappa shape index (κ3) is 1.83. The second kappa shape index (κ2) is 4.63. The lowest BCUT2D eigenvalue weighted by Gasteiger charge is -2.32. The van der Waals surface area contributed by atoms with Crippen molar-refractivity contribution >= 4 is 22.4 Å². The molecular formula is C14H19N5O. The summed E-state index contributed by atoms with van der Waals surface area (Å²) in [4.78, 5) is 2.61. The Morgan fingerprint density at radius 1 is 1.15 bits per heavy atom. The molecule has 0 amide bonds. The SMILES string of the molecule is Nc1ccc(NC2CCN3CCCCC23)c2nonc12. The number of nitrogen functional groups attached to an aromatic ring is 1. The van der Waals surface area contributed by atoms with Crippen molar-refractivity contribution < 1.29 is 4.63 Å². The van der Waals surface area contributed by atoms with E-state index >= 15 is 0 Å². The second-order valence-electron chi connectivity index (χ2n) is 5.80. The van der Waals surface area contributed by atoms with Gasteiger partial charge >= 0.3 is 0 Å². The van der Waals surface area contributed by atoms with Crippen LogP contribution >= 0.6 is 0 Å². The largest absolute Gasteiger partial charge is 0.397 e. The second-order valence-corrected chi connectivity index (χ2v) is 5.80. The van der Waals surface area contributed by atoms with Gasteiger partial charge in [0.2, 0.25) is 0 Å². The van der Waals surface area contributed by atoms with E-state index in [0.717, 1.165) is 11.2 Å². The number of hydrogen-bond donors (Lipinski definition) is 2. The van der Waals surface area contributed by atoms with E-state index in [1.54, 1.807) is 0 Å². The maximum atomic E-state index is 5.89. The predicted octanol–water partition coefficient (Wildman–Crippen LogP) is 1.84. The number of nitrogens with one attached hydrogen (secondary N) is 1. The zero-order valence-electron chi connectivity index (χ0n) is 11.4. The van der Waals surface area contributed by atoms with Gasteiger partial charge in [-0.2, -0.15) is 0 Å². The third-order valence-electron chi connectivity index (χ3n) is 4.64. The molecule has 0 aliphatic carbocycles. The summed E-state index contributed by atoms with van der Waals surface area (Å²) in [7, 11) is 0. The number of rotatable bonds is 2. The minimum Gasteiger partial charge on any atom is -0.397 e. The highest BCUT2D eigenvalue weighted by Gasteiger charge is 2.35. The molecule has 3 heterocycles. The Hall–Kier alpha value is -1.82. The van der Waals surface area contributed by atoms with Gasteiger partial charge in [-0.15, -0.1) is 0 Å². The fourth-order valence-electron chi connectivity index (χ4n) is 3.62. The van der Waals surface area contributed by atoms with E-state index in [4.69, 9.17) is 10.4 Å². The minimum atomic E-state index is 0.485. The van der Waals surface area contributed by atoms with Crippen molar-refractivity contribution in [2.24, 2.45) is 0 Å². The van der Waals surface area contributed by atoms with Crippen molar-refractivity contribution in [3.63, 3.8) is 0 Å². The van der Waals surface area contributed by atoms with Gasteiger partial charge in [-0.3, -0.25) is 4.90 Å². The van der Waals surface area contributed by atoms with Crippen LogP contribution in [0.1, 0.15) is 25.7 Å². The minimum absolute atomic E-state index is 0.485. The molecular weight excluding hydrogens is 254 g/mol. The molecule has 4 rings (SSSR count). The van der Waals surface area contributed by atoms with Gasteiger partial charge in [-0.1, -0.05) is 6.42 Å². The lowest BCUT2D eigenvalue weighted by Crippen LogP contribution is -2.41. The summed E-state index contributed by atoms with van der Waals surface area (Å²) >= 11 is 0. The summed E-state index contributed by atoms with van der Waals surface area (Å²) in [6.45, 7) is 2.43. The smallest absolute Gasteiger partial charge is 0.160 e. The standard InChI is InChI=1S/C14H19N5O/c15-9-4-5-11(14-13(9)17-20-18-14)16-10-6-8-19-7-2-1-3-12(10)19/h4-5,10,12,16H,1-3,6-8,15H2. The molecule has 6 nitrogen and oxygen atoms in total. The molecule has 2 saturated heterocycles. The van der Waals surface area contributed by atoms with E-state index in [2.05, 4.69) is 20.5 Å². The number of hydrogen-bond acceptors (Lipinski definition) is 6. The van der Waals surface area contributed by atoms with Gasteiger partial charge in [-0.05, 0) is 48.3 Å². The van der Waals surface area contributed by atoms with Gasteiger partial charge in [0.25, 0.3) is 0 Å². The average molecular weight is 273 g/mol. The number of nitrogens with two attached hydrogens (primary N) is 1. The fraction of sp³-hybridized carbons (Fsp3) is 0.571. The Labute approximate surface area is 117 Å². The number of fused-ring (bicyclic) bond motifs is 2. The van der Waals surface area contributed by atoms with Crippen molar-refractivity contribution in [2.45, 2.75) is 37.8 Å². The Morgan fingerprint density at radius 3 is 3.00 bits per heavy atom. The van der Waals surface area contributed by atoms with Gasteiger partial charge in [0.15, 0.2) is 11.0 Å². The first-order valence-corrected chi connectivity index (χ1v) is 7.34. The molecule has 1 aromatic carbocycles. The van der Waals surface area contributed by atoms with Crippen LogP contribution in [0.2, 0.25) is 0 Å². The highest BCUT2D eigenvalue weighted by molar-refractivity contribution is 5.95. The van der Waals surface area contributed by atoms with Crippen LogP contribution in [0.3, 0.4) is 0 Å². The molecule has 2 fully saturated rings. The zero-order valence-corrected chi connectivity index (χ0v) is 11.4. The Bertz CT molecular complexity index is 625. The van der Waals surface area contributed by atoms with Crippen LogP contribution in [0, 0.1) is 0 Å². The quantitative estimate of drug-likeness (QED) is 0.813. The normalized spacial score (nSPS) is 26.8. The van der Waals surface area contributed by atoms with Crippen LogP contribution < -0.4 is 11.1 Å². The molecule has 2 aliphatic rings. The molecule has 6 heteroatoms. The zero-order chi connectivity index (χ0) is 13.5. The summed E-state index contributed by atoms with van der Waals surface area (Å²) in [5.74, 6) is 0. The first-order valence-electron chi connectivity index (χ1n) is 7.34. The fourth-order valence-corrected chi connectivity index (χ4v) is 3.62. The maximum Gasteiger partial charge on any atom is 0.160 e. The average Bonchev–Trinajstić information content (AvgIpc) is 3.10. The van der Waals surface area contributed by atoms with Crippen LogP contribution in [0.25, 0.3) is 11.0 Å². The predicted molar refractivity (Wildman–Crippen MR) is 77.5 cm³/mol. The Morgan fingerprint density at radius 2 is 2.05 bits per heavy atom. The molecule has 106 valence electrons. The highest BCUT2D eigenvalue weighted by Crippen LogP contribution is 2.32. The molecule has 1 aromatic heterocycles. The van der Waals surface area contributed by atoms with Crippen LogP contribution in [-0.4, -0.2) is 40.4 Å². The van der Waals surface area contributed by atoms with Gasteiger partial charge in [0.1, 0.15) is 0 Å². The first-order chi connectivity index (χ1) is 9.83. The lowest BCUT2D eigenvalue weighted by atomic mass is 9.99. The molecule has 2 unspecified atom stereocenters. The van der Waals surface area contributed by atoms with Crippen LogP contribution in [0.15, 0.2) is 16.8 Å². The maximum absolute atomic E-state index is 5.89. The first kappa shape index (κ1) is 12.0. The van der Waals surface area contributed by atoms with Crippen LogP contribution in [0.5, 0.6) is 0 Å². The number of aromatic nitrogens is 2. The van der Waals surface area contributed by atoms with Crippen molar-refractivity contribution in [1.82, 2.24) is 15.2 Å². The van der Waals surface area contributed by atoms with E-state index < -0.39 is 0 Å². The molecule has 20 heavy (non-hydrogen) atoms. The summed E-state index contributed by atoms with van der Waals surface area (Å²) in [5, 5.41) is 11.5. The molecule has 0 radical (unpaired) electrons. The van der Waals surface area contributed by atoms with E-state index in [1.807, 2.05) is 12.1 Å². The van der Waals surface area contributed by atoms with Crippen molar-refractivity contribution in [1.29, 1.82) is 0 Å². The Balaban J connectivity index is 1.61. The van der Waals surface area contributed by atoms with Gasteiger partial charge in [0.05, 0.1) is 11.4 Å². The summed E-state index contributed by atoms with van der Waals surface area (Å²) in [6, 6.07) is 4.98. The highest BCUT2D eigenvalue weighted by atomic mass is 16.6. The van der Waals surface area contributed by atoms with Crippen LogP contribution in [0.4, 0.5) is 11.4 Å². The van der Waals surface area contributed by atoms with E-state index in [-0.39, 0.29) is 0 Å². The number of nitrogens with zero attached hydrogens (tertiary/aromatic N) is 3. The summed E-state index contributed by atoms with van der Waals surface area (Å²) in [6.07, 6.45) is 5.14. The van der Waals surface area contributed by atoms with Gasteiger partial charge in [-0.25, -0.2) is 4.63 Å². The molecule has 2 aliphatic heterocycles. The van der Waals surface area contributed by atoms with Crippen molar-refractivity contribution in [3.05, 3.63) is 12.1 Å². The molecule has 0 saturated carbocycles. The molecule has 0 bridgehead atoms. The number of piperidine rings is 1. The topological polar surface area (TPSA) is 80.2 Å². The Kier molecular flexibility index (Phi) is 2.77. The molecule has 0 spiro atoms. The lowest BCUT2D eigenvalue weighted by molar-refractivity contribution is 0.193. The molecule has 2 aromatic rings.